The van der Waals surface area contributed by atoms with Crippen LogP contribution in [0.25, 0.3) is 0 Å². The highest BCUT2D eigenvalue weighted by molar-refractivity contribution is 6.08. The number of hydrogen-bond donors (Lipinski definition) is 0. The number of Topliss-reactive ketones (excluding diaryl/α,β-unsaturated/α-hetero) is 1. The fraction of sp³-hybridized carbons (Fsp3) is 0.529. The highest BCUT2D eigenvalue weighted by Gasteiger charge is 2.39. The number of nitrogens with zero attached hydrogens (tertiary/aromatic N) is 1. The van der Waals surface area contributed by atoms with Gasteiger partial charge < -0.3 is 4.74 Å². The summed E-state index contributed by atoms with van der Waals surface area (Å²) in [7, 11) is 0. The first-order chi connectivity index (χ1) is 10.9. The molecule has 24 heavy (non-hydrogen) atoms. The minimum atomic E-state index is -4.55. The lowest BCUT2D eigenvalue weighted by Gasteiger charge is -2.37. The van der Waals surface area contributed by atoms with Crippen LogP contribution in [0.5, 0.6) is 0 Å². The van der Waals surface area contributed by atoms with Gasteiger partial charge in [0.1, 0.15) is 5.60 Å². The van der Waals surface area contributed by atoms with Crippen molar-refractivity contribution in [3.8, 4) is 0 Å². The van der Waals surface area contributed by atoms with E-state index < -0.39 is 35.3 Å². The van der Waals surface area contributed by atoms with E-state index >= 15 is 0 Å². The van der Waals surface area contributed by atoms with Crippen LogP contribution >= 0.6 is 0 Å². The van der Waals surface area contributed by atoms with Crippen molar-refractivity contribution in [1.29, 1.82) is 0 Å². The van der Waals surface area contributed by atoms with Gasteiger partial charge >= 0.3 is 12.3 Å². The molecule has 4 nitrogen and oxygen atoms in total. The van der Waals surface area contributed by atoms with Crippen molar-refractivity contribution in [2.45, 2.75) is 58.4 Å². The van der Waals surface area contributed by atoms with Gasteiger partial charge in [-0.25, -0.2) is 4.79 Å². The molecule has 1 aliphatic rings. The molecule has 1 amide bonds. The summed E-state index contributed by atoms with van der Waals surface area (Å²) in [6.45, 7) is 6.92. The Hall–Kier alpha value is -2.05. The number of rotatable bonds is 1. The second kappa shape index (κ2) is 6.11. The van der Waals surface area contributed by atoms with Gasteiger partial charge in [0.15, 0.2) is 5.78 Å². The van der Waals surface area contributed by atoms with Crippen LogP contribution in [-0.2, 0) is 10.9 Å². The topological polar surface area (TPSA) is 46.6 Å². The van der Waals surface area contributed by atoms with Crippen molar-refractivity contribution in [3.05, 3.63) is 29.3 Å². The van der Waals surface area contributed by atoms with Gasteiger partial charge in [-0.1, -0.05) is 6.92 Å². The zero-order chi connectivity index (χ0) is 18.3. The molecule has 1 unspecified atom stereocenters. The predicted octanol–water partition coefficient (Wildman–Crippen LogP) is 4.81. The molecule has 1 heterocycles. The molecule has 1 atom stereocenters. The molecule has 1 aliphatic heterocycles. The van der Waals surface area contributed by atoms with Crippen LogP contribution in [0.4, 0.5) is 23.7 Å². The number of amides is 1. The standard InChI is InChI=1S/C17H20F3NO3/c1-5-11-9-14(22)12-8-10(17(18,19)20)6-7-13(12)21(11)15(23)24-16(2,3)4/h6-8,11H,5,9H2,1-4H3. The fourth-order valence-corrected chi connectivity index (χ4v) is 2.64. The van der Waals surface area contributed by atoms with E-state index in [-0.39, 0.29) is 17.7 Å². The third-order valence-corrected chi connectivity index (χ3v) is 3.73. The number of anilines is 1. The molecule has 0 fully saturated rings. The minimum Gasteiger partial charge on any atom is -0.443 e. The number of carbonyl (C=O) groups is 2. The summed E-state index contributed by atoms with van der Waals surface area (Å²) in [5, 5.41) is 0. The number of ether oxygens (including phenoxy) is 1. The molecular formula is C17H20F3NO3. The number of halogens is 3. The zero-order valence-electron chi connectivity index (χ0n) is 14.0. The third kappa shape index (κ3) is 3.71. The van der Waals surface area contributed by atoms with Gasteiger partial charge in [0.05, 0.1) is 11.3 Å². The average Bonchev–Trinajstić information content (AvgIpc) is 2.43. The number of alkyl halides is 3. The number of carbonyl (C=O) groups excluding carboxylic acids is 2. The number of ketones is 1. The second-order valence-corrected chi connectivity index (χ2v) is 6.77. The van der Waals surface area contributed by atoms with E-state index in [1.54, 1.807) is 20.8 Å². The van der Waals surface area contributed by atoms with E-state index in [4.69, 9.17) is 4.74 Å². The molecule has 0 bridgehead atoms. The van der Waals surface area contributed by atoms with Crippen molar-refractivity contribution < 1.29 is 27.5 Å². The lowest BCUT2D eigenvalue weighted by molar-refractivity contribution is -0.137. The highest BCUT2D eigenvalue weighted by atomic mass is 19.4. The van der Waals surface area contributed by atoms with E-state index in [2.05, 4.69) is 0 Å². The first-order valence-corrected chi connectivity index (χ1v) is 7.70. The maximum absolute atomic E-state index is 12.9. The molecule has 0 aromatic heterocycles. The molecule has 0 N–H and O–H groups in total. The van der Waals surface area contributed by atoms with Crippen LogP contribution in [0.3, 0.4) is 0 Å². The van der Waals surface area contributed by atoms with Crippen molar-refractivity contribution in [1.82, 2.24) is 0 Å². The van der Waals surface area contributed by atoms with E-state index in [1.807, 2.05) is 6.92 Å². The smallest absolute Gasteiger partial charge is 0.416 e. The van der Waals surface area contributed by atoms with E-state index in [1.165, 1.54) is 11.0 Å². The molecule has 0 radical (unpaired) electrons. The predicted molar refractivity (Wildman–Crippen MR) is 83.2 cm³/mol. The Morgan fingerprint density at radius 2 is 1.92 bits per heavy atom. The fourth-order valence-electron chi connectivity index (χ4n) is 2.64. The number of fused-ring (bicyclic) bond motifs is 1. The third-order valence-electron chi connectivity index (χ3n) is 3.73. The Bertz CT molecular complexity index is 662. The molecule has 2 rings (SSSR count). The van der Waals surface area contributed by atoms with Crippen LogP contribution in [0.1, 0.15) is 56.5 Å². The maximum atomic E-state index is 12.9. The van der Waals surface area contributed by atoms with Crippen molar-refractivity contribution in [2.75, 3.05) is 4.90 Å². The molecule has 0 spiro atoms. The van der Waals surface area contributed by atoms with E-state index in [0.717, 1.165) is 12.1 Å². The Balaban J connectivity index is 2.50. The van der Waals surface area contributed by atoms with Gasteiger partial charge in [-0.05, 0) is 45.4 Å². The molecule has 0 saturated carbocycles. The lowest BCUT2D eigenvalue weighted by atomic mass is 9.92. The van der Waals surface area contributed by atoms with Gasteiger partial charge in [0, 0.05) is 18.0 Å². The van der Waals surface area contributed by atoms with Crippen LogP contribution in [0.2, 0.25) is 0 Å². The van der Waals surface area contributed by atoms with Gasteiger partial charge in [0.2, 0.25) is 0 Å². The molecule has 1 aromatic carbocycles. The van der Waals surface area contributed by atoms with Gasteiger partial charge in [0.25, 0.3) is 0 Å². The van der Waals surface area contributed by atoms with Gasteiger partial charge in [-0.3, -0.25) is 9.69 Å². The van der Waals surface area contributed by atoms with Crippen molar-refractivity contribution in [3.63, 3.8) is 0 Å². The van der Waals surface area contributed by atoms with E-state index in [9.17, 15) is 22.8 Å². The van der Waals surface area contributed by atoms with Crippen molar-refractivity contribution >= 4 is 17.6 Å². The van der Waals surface area contributed by atoms with Crippen LogP contribution in [0.15, 0.2) is 18.2 Å². The monoisotopic (exact) mass is 343 g/mol. The molecule has 7 heteroatoms. The zero-order valence-corrected chi connectivity index (χ0v) is 14.0. The second-order valence-electron chi connectivity index (χ2n) is 6.77. The number of hydrogen-bond acceptors (Lipinski definition) is 3. The summed E-state index contributed by atoms with van der Waals surface area (Å²) >= 11 is 0. The minimum absolute atomic E-state index is 0.0238. The highest BCUT2D eigenvalue weighted by Crippen LogP contribution is 2.38. The van der Waals surface area contributed by atoms with Gasteiger partial charge in [-0.2, -0.15) is 13.2 Å². The molecule has 0 saturated heterocycles. The summed E-state index contributed by atoms with van der Waals surface area (Å²) < 4.78 is 44.0. The Morgan fingerprint density at radius 1 is 1.29 bits per heavy atom. The molecular weight excluding hydrogens is 323 g/mol. The molecule has 132 valence electrons. The quantitative estimate of drug-likeness (QED) is 0.735. The maximum Gasteiger partial charge on any atom is 0.416 e. The lowest BCUT2D eigenvalue weighted by Crippen LogP contribution is -2.47. The first kappa shape index (κ1) is 18.3. The normalized spacial score (nSPS) is 18.4. The Morgan fingerprint density at radius 3 is 2.42 bits per heavy atom. The van der Waals surface area contributed by atoms with Crippen LogP contribution < -0.4 is 4.90 Å². The SMILES string of the molecule is CCC1CC(=O)c2cc(C(F)(F)F)ccc2N1C(=O)OC(C)(C)C. The molecule has 1 aromatic rings. The van der Waals surface area contributed by atoms with Crippen molar-refractivity contribution in [2.24, 2.45) is 0 Å². The summed E-state index contributed by atoms with van der Waals surface area (Å²) in [5.41, 5.74) is -1.59. The Labute approximate surface area is 138 Å². The number of benzene rings is 1. The summed E-state index contributed by atoms with van der Waals surface area (Å²) in [6.07, 6.45) is -4.74. The van der Waals surface area contributed by atoms with Crippen LogP contribution in [-0.4, -0.2) is 23.5 Å². The first-order valence-electron chi connectivity index (χ1n) is 7.70. The summed E-state index contributed by atoms with van der Waals surface area (Å²) in [5.74, 6) is -0.400. The van der Waals surface area contributed by atoms with E-state index in [0.29, 0.717) is 6.42 Å². The van der Waals surface area contributed by atoms with Gasteiger partial charge in [-0.15, -0.1) is 0 Å². The Kier molecular flexibility index (Phi) is 4.65. The summed E-state index contributed by atoms with van der Waals surface area (Å²) in [4.78, 5) is 26.0. The average molecular weight is 343 g/mol. The molecule has 0 aliphatic carbocycles. The summed E-state index contributed by atoms with van der Waals surface area (Å²) in [6, 6.07) is 2.42. The van der Waals surface area contributed by atoms with Crippen LogP contribution in [0, 0.1) is 0 Å². The largest absolute Gasteiger partial charge is 0.443 e.